The minimum atomic E-state index is -0.915. The highest BCUT2D eigenvalue weighted by Gasteiger charge is 2.55. The van der Waals surface area contributed by atoms with E-state index in [-0.39, 0.29) is 11.2 Å². The molecule has 2 unspecified atom stereocenters. The summed E-state index contributed by atoms with van der Waals surface area (Å²) in [7, 11) is 0. The molecule has 1 aliphatic heterocycles. The Kier molecular flexibility index (Phi) is 3.26. The number of carboxylic acids is 1. The van der Waals surface area contributed by atoms with Crippen LogP contribution in [0.3, 0.4) is 0 Å². The largest absolute Gasteiger partial charge is 0.486 e. The Balaban J connectivity index is 1.66. The van der Waals surface area contributed by atoms with Gasteiger partial charge in [-0.15, -0.1) is 0 Å². The van der Waals surface area contributed by atoms with E-state index in [4.69, 9.17) is 9.84 Å². The first-order chi connectivity index (χ1) is 9.59. The van der Waals surface area contributed by atoms with Gasteiger partial charge in [0, 0.05) is 31.1 Å². The smallest absolute Gasteiger partial charge is 0.332 e. The van der Waals surface area contributed by atoms with Crippen LogP contribution in [0.1, 0.15) is 12.8 Å². The summed E-state index contributed by atoms with van der Waals surface area (Å²) < 4.78 is 6.22. The molecule has 0 amide bonds. The van der Waals surface area contributed by atoms with Crippen LogP contribution < -0.4 is 4.74 Å². The van der Waals surface area contributed by atoms with Crippen molar-refractivity contribution in [1.82, 2.24) is 4.90 Å². The van der Waals surface area contributed by atoms with Gasteiger partial charge in [0.25, 0.3) is 0 Å². The lowest BCUT2D eigenvalue weighted by atomic mass is 9.71. The average Bonchev–Trinajstić information content (AvgIpc) is 2.64. The van der Waals surface area contributed by atoms with Crippen molar-refractivity contribution in [3.05, 3.63) is 42.5 Å². The molecule has 1 saturated carbocycles. The Bertz CT molecular complexity index is 528. The number of hydrogen-bond acceptors (Lipinski definition) is 3. The maximum atomic E-state index is 10.9. The molecule has 2 atom stereocenters. The molecule has 2 aliphatic rings. The molecule has 0 spiro atoms. The van der Waals surface area contributed by atoms with E-state index < -0.39 is 5.97 Å². The number of carboxylic acid groups (broad SMARTS) is 1. The Morgan fingerprint density at radius 3 is 2.80 bits per heavy atom. The number of likely N-dealkylation sites (tertiary alicyclic amines) is 1. The number of hydrogen-bond donors (Lipinski definition) is 1. The molecule has 1 heterocycles. The SMILES string of the molecule is C=C(CN1CC2CCC2(Oc2ccccc2)C1)C(=O)O. The van der Waals surface area contributed by atoms with Gasteiger partial charge >= 0.3 is 5.97 Å². The zero-order valence-corrected chi connectivity index (χ0v) is 11.4. The van der Waals surface area contributed by atoms with E-state index >= 15 is 0 Å². The van der Waals surface area contributed by atoms with Gasteiger partial charge in [-0.3, -0.25) is 4.90 Å². The minimum absolute atomic E-state index is 0.125. The first-order valence-corrected chi connectivity index (χ1v) is 6.96. The predicted molar refractivity (Wildman–Crippen MR) is 75.7 cm³/mol. The van der Waals surface area contributed by atoms with Gasteiger partial charge in [-0.05, 0) is 25.0 Å². The second-order valence-corrected chi connectivity index (χ2v) is 5.79. The van der Waals surface area contributed by atoms with Crippen molar-refractivity contribution < 1.29 is 14.6 Å². The number of fused-ring (bicyclic) bond motifs is 1. The van der Waals surface area contributed by atoms with E-state index in [9.17, 15) is 4.79 Å². The molecule has 20 heavy (non-hydrogen) atoms. The van der Waals surface area contributed by atoms with Gasteiger partial charge < -0.3 is 9.84 Å². The standard InChI is InChI=1S/C16H19NO3/c1-12(15(18)19)9-17-10-13-7-8-16(13,11-17)20-14-5-3-2-4-6-14/h2-6,13H,1,7-11H2,(H,18,19). The summed E-state index contributed by atoms with van der Waals surface area (Å²) in [5.74, 6) is 0.489. The molecule has 1 aromatic rings. The van der Waals surface area contributed by atoms with E-state index in [0.717, 1.165) is 31.7 Å². The topological polar surface area (TPSA) is 49.8 Å². The molecule has 1 aliphatic carbocycles. The molecule has 1 N–H and O–H groups in total. The molecule has 1 aromatic carbocycles. The first-order valence-electron chi connectivity index (χ1n) is 6.96. The van der Waals surface area contributed by atoms with Crippen molar-refractivity contribution in [2.75, 3.05) is 19.6 Å². The van der Waals surface area contributed by atoms with E-state index in [1.165, 1.54) is 0 Å². The zero-order valence-electron chi connectivity index (χ0n) is 11.4. The van der Waals surface area contributed by atoms with Crippen molar-refractivity contribution in [3.8, 4) is 5.75 Å². The summed E-state index contributed by atoms with van der Waals surface area (Å²) >= 11 is 0. The lowest BCUT2D eigenvalue weighted by molar-refractivity contribution is -0.132. The number of carbonyl (C=O) groups is 1. The molecular formula is C16H19NO3. The second kappa shape index (κ2) is 4.94. The Hall–Kier alpha value is -1.81. The van der Waals surface area contributed by atoms with Gasteiger partial charge in [0.15, 0.2) is 0 Å². The third-order valence-electron chi connectivity index (χ3n) is 4.41. The molecule has 1 saturated heterocycles. The van der Waals surface area contributed by atoms with Crippen LogP contribution in [-0.2, 0) is 4.79 Å². The lowest BCUT2D eigenvalue weighted by Gasteiger charge is -2.44. The normalized spacial score (nSPS) is 28.5. The van der Waals surface area contributed by atoms with Crippen LogP contribution in [0, 0.1) is 5.92 Å². The highest BCUT2D eigenvalue weighted by Crippen LogP contribution is 2.47. The molecule has 0 bridgehead atoms. The Labute approximate surface area is 118 Å². The number of nitrogens with zero attached hydrogens (tertiary/aromatic N) is 1. The van der Waals surface area contributed by atoms with Crippen LogP contribution in [0.15, 0.2) is 42.5 Å². The number of aliphatic carboxylic acids is 1. The van der Waals surface area contributed by atoms with Crippen LogP contribution in [0.4, 0.5) is 0 Å². The van der Waals surface area contributed by atoms with Crippen LogP contribution in [-0.4, -0.2) is 41.2 Å². The van der Waals surface area contributed by atoms with Crippen LogP contribution >= 0.6 is 0 Å². The average molecular weight is 273 g/mol. The highest BCUT2D eigenvalue weighted by atomic mass is 16.5. The number of para-hydroxylation sites is 1. The maximum Gasteiger partial charge on any atom is 0.332 e. The summed E-state index contributed by atoms with van der Waals surface area (Å²) in [4.78, 5) is 13.0. The van der Waals surface area contributed by atoms with Gasteiger partial charge in [0.2, 0.25) is 0 Å². The van der Waals surface area contributed by atoms with Gasteiger partial charge in [-0.1, -0.05) is 24.8 Å². The van der Waals surface area contributed by atoms with Crippen molar-refractivity contribution in [2.24, 2.45) is 5.92 Å². The zero-order chi connectivity index (χ0) is 14.2. The highest BCUT2D eigenvalue weighted by molar-refractivity contribution is 5.86. The third kappa shape index (κ3) is 2.31. The number of benzene rings is 1. The van der Waals surface area contributed by atoms with Gasteiger partial charge in [-0.2, -0.15) is 0 Å². The molecule has 4 nitrogen and oxygen atoms in total. The fraction of sp³-hybridized carbons (Fsp3) is 0.438. The number of rotatable bonds is 5. The summed E-state index contributed by atoms with van der Waals surface area (Å²) in [6, 6.07) is 9.86. The number of ether oxygens (including phenoxy) is 1. The van der Waals surface area contributed by atoms with Crippen molar-refractivity contribution in [1.29, 1.82) is 0 Å². The van der Waals surface area contributed by atoms with E-state index in [0.29, 0.717) is 12.5 Å². The van der Waals surface area contributed by atoms with Crippen molar-refractivity contribution >= 4 is 5.97 Å². The summed E-state index contributed by atoms with van der Waals surface area (Å²) in [6.07, 6.45) is 2.20. The Morgan fingerprint density at radius 1 is 1.45 bits per heavy atom. The van der Waals surface area contributed by atoms with Crippen LogP contribution in [0.5, 0.6) is 5.75 Å². The van der Waals surface area contributed by atoms with Gasteiger partial charge in [0.05, 0.1) is 0 Å². The fourth-order valence-corrected chi connectivity index (χ4v) is 3.24. The molecular weight excluding hydrogens is 254 g/mol. The lowest BCUT2D eigenvalue weighted by Crippen LogP contribution is -2.51. The Morgan fingerprint density at radius 2 is 2.20 bits per heavy atom. The summed E-state index contributed by atoms with van der Waals surface area (Å²) in [6.45, 7) is 5.73. The van der Waals surface area contributed by atoms with E-state index in [2.05, 4.69) is 11.5 Å². The predicted octanol–water partition coefficient (Wildman–Crippen LogP) is 2.17. The first kappa shape index (κ1) is 13.2. The molecule has 0 aromatic heterocycles. The summed E-state index contributed by atoms with van der Waals surface area (Å²) in [5.41, 5.74) is 0.126. The van der Waals surface area contributed by atoms with E-state index in [1.54, 1.807) is 0 Å². The van der Waals surface area contributed by atoms with E-state index in [1.807, 2.05) is 30.3 Å². The fourth-order valence-electron chi connectivity index (χ4n) is 3.24. The molecule has 106 valence electrons. The van der Waals surface area contributed by atoms with Crippen molar-refractivity contribution in [2.45, 2.75) is 18.4 Å². The van der Waals surface area contributed by atoms with Gasteiger partial charge in [-0.25, -0.2) is 4.79 Å². The van der Waals surface area contributed by atoms with Crippen LogP contribution in [0.2, 0.25) is 0 Å². The molecule has 0 radical (unpaired) electrons. The minimum Gasteiger partial charge on any atom is -0.486 e. The third-order valence-corrected chi connectivity index (χ3v) is 4.41. The quantitative estimate of drug-likeness (QED) is 0.835. The maximum absolute atomic E-state index is 10.9. The van der Waals surface area contributed by atoms with Crippen LogP contribution in [0.25, 0.3) is 0 Å². The monoisotopic (exact) mass is 273 g/mol. The van der Waals surface area contributed by atoms with Crippen molar-refractivity contribution in [3.63, 3.8) is 0 Å². The molecule has 4 heteroatoms. The second-order valence-electron chi connectivity index (χ2n) is 5.79. The molecule has 3 rings (SSSR count). The van der Waals surface area contributed by atoms with Gasteiger partial charge in [0.1, 0.15) is 11.4 Å². The molecule has 2 fully saturated rings. The summed E-state index contributed by atoms with van der Waals surface area (Å²) in [5, 5.41) is 8.93.